The highest BCUT2D eigenvalue weighted by atomic mass is 32.2. The molecular weight excluding hydrogens is 214 g/mol. The van der Waals surface area contributed by atoms with Crippen LogP contribution in [0.15, 0.2) is 0 Å². The number of carbonyl (C=O) groups excluding carboxylic acids is 2. The molecule has 1 heterocycles. The lowest BCUT2D eigenvalue weighted by atomic mass is 9.92. The van der Waals surface area contributed by atoms with E-state index in [1.165, 1.54) is 16.7 Å². The van der Waals surface area contributed by atoms with Gasteiger partial charge in [-0.05, 0) is 19.8 Å². The number of imide groups is 1. The van der Waals surface area contributed by atoms with Crippen LogP contribution >= 0.6 is 11.8 Å². The zero-order chi connectivity index (χ0) is 11.5. The maximum atomic E-state index is 11.7. The average molecular weight is 231 g/mol. The Labute approximate surface area is 94.0 Å². The van der Waals surface area contributed by atoms with Crippen LogP contribution in [0.5, 0.6) is 0 Å². The molecule has 0 saturated carbocycles. The molecule has 0 aliphatic carbocycles. The van der Waals surface area contributed by atoms with Gasteiger partial charge in [-0.15, -0.1) is 11.8 Å². The van der Waals surface area contributed by atoms with E-state index < -0.39 is 5.54 Å². The minimum atomic E-state index is -0.524. The van der Waals surface area contributed by atoms with Crippen LogP contribution in [0.1, 0.15) is 26.7 Å². The van der Waals surface area contributed by atoms with Crippen molar-refractivity contribution in [2.24, 2.45) is 0 Å². The van der Waals surface area contributed by atoms with E-state index in [4.69, 9.17) is 5.11 Å². The fourth-order valence-corrected chi connectivity index (χ4v) is 2.49. The van der Waals surface area contributed by atoms with Gasteiger partial charge in [-0.2, -0.15) is 0 Å². The van der Waals surface area contributed by atoms with Gasteiger partial charge in [-0.3, -0.25) is 14.5 Å². The van der Waals surface area contributed by atoms with Crippen molar-refractivity contribution in [2.45, 2.75) is 32.2 Å². The first-order valence-corrected chi connectivity index (χ1v) is 6.25. The highest BCUT2D eigenvalue weighted by molar-refractivity contribution is 8.00. The summed E-state index contributed by atoms with van der Waals surface area (Å²) >= 11 is 1.36. The Bertz CT molecular complexity index is 253. The van der Waals surface area contributed by atoms with Gasteiger partial charge in [0.2, 0.25) is 11.8 Å². The summed E-state index contributed by atoms with van der Waals surface area (Å²) in [6, 6.07) is 0. The fraction of sp³-hybridized carbons (Fsp3) is 0.800. The van der Waals surface area contributed by atoms with Crippen LogP contribution in [0.4, 0.5) is 0 Å². The third-order valence-corrected chi connectivity index (χ3v) is 3.80. The highest BCUT2D eigenvalue weighted by Crippen LogP contribution is 2.27. The smallest absolute Gasteiger partial charge is 0.239 e. The van der Waals surface area contributed by atoms with Crippen molar-refractivity contribution in [3.8, 4) is 0 Å². The predicted molar refractivity (Wildman–Crippen MR) is 59.6 cm³/mol. The van der Waals surface area contributed by atoms with E-state index in [1.807, 2.05) is 13.8 Å². The molecule has 2 amide bonds. The number of hydrogen-bond donors (Lipinski definition) is 1. The van der Waals surface area contributed by atoms with Crippen LogP contribution in [-0.2, 0) is 9.59 Å². The quantitative estimate of drug-likeness (QED) is 0.721. The van der Waals surface area contributed by atoms with Gasteiger partial charge in [0, 0.05) is 12.1 Å². The summed E-state index contributed by atoms with van der Waals surface area (Å²) < 4.78 is 0. The highest BCUT2D eigenvalue weighted by Gasteiger charge is 2.39. The van der Waals surface area contributed by atoms with Gasteiger partial charge in [0.05, 0.1) is 11.5 Å². The molecule has 1 unspecified atom stereocenters. The summed E-state index contributed by atoms with van der Waals surface area (Å²) in [6.07, 6.45) is 1.13. The largest absolute Gasteiger partial charge is 0.396 e. The van der Waals surface area contributed by atoms with E-state index in [2.05, 4.69) is 0 Å². The summed E-state index contributed by atoms with van der Waals surface area (Å²) in [5.74, 6) is 0.475. The maximum absolute atomic E-state index is 11.7. The Morgan fingerprint density at radius 2 is 1.93 bits per heavy atom. The molecule has 15 heavy (non-hydrogen) atoms. The third kappa shape index (κ3) is 2.52. The topological polar surface area (TPSA) is 57.6 Å². The van der Waals surface area contributed by atoms with E-state index in [0.717, 1.165) is 0 Å². The third-order valence-electron chi connectivity index (χ3n) is 2.90. The molecular formula is C10H17NO3S. The summed E-state index contributed by atoms with van der Waals surface area (Å²) in [6.45, 7) is 3.78. The second-order valence-electron chi connectivity index (χ2n) is 3.94. The molecule has 0 aromatic rings. The number of nitrogens with zero attached hydrogens (tertiary/aromatic N) is 1. The van der Waals surface area contributed by atoms with Crippen molar-refractivity contribution < 1.29 is 14.7 Å². The first-order valence-electron chi connectivity index (χ1n) is 5.09. The zero-order valence-corrected chi connectivity index (χ0v) is 9.97. The maximum Gasteiger partial charge on any atom is 0.239 e. The van der Waals surface area contributed by atoms with Crippen LogP contribution in [0.2, 0.25) is 0 Å². The first-order chi connectivity index (χ1) is 7.05. The molecule has 0 aromatic carbocycles. The lowest BCUT2D eigenvalue weighted by molar-refractivity contribution is -0.149. The summed E-state index contributed by atoms with van der Waals surface area (Å²) in [5, 5.41) is 8.98. The molecule has 1 aliphatic heterocycles. The zero-order valence-electron chi connectivity index (χ0n) is 9.15. The van der Waals surface area contributed by atoms with Crippen molar-refractivity contribution in [2.75, 3.05) is 18.1 Å². The Kier molecular flexibility index (Phi) is 4.16. The van der Waals surface area contributed by atoms with Gasteiger partial charge in [0.1, 0.15) is 0 Å². The standard InChI is InChI=1S/C10H17NO3S/c1-3-10(2,4-5-12)11-8(13)6-15-7-9(11)14/h12H,3-7H2,1-2H3. The van der Waals surface area contributed by atoms with Gasteiger partial charge >= 0.3 is 0 Å². The molecule has 0 bridgehead atoms. The van der Waals surface area contributed by atoms with E-state index in [-0.39, 0.29) is 18.4 Å². The molecule has 1 saturated heterocycles. The van der Waals surface area contributed by atoms with E-state index in [0.29, 0.717) is 24.3 Å². The molecule has 0 radical (unpaired) electrons. The summed E-state index contributed by atoms with van der Waals surface area (Å²) in [7, 11) is 0. The Balaban J connectivity index is 2.89. The molecule has 0 spiro atoms. The van der Waals surface area contributed by atoms with Crippen molar-refractivity contribution in [1.82, 2.24) is 4.90 Å². The summed E-state index contributed by atoms with van der Waals surface area (Å²) in [4.78, 5) is 24.7. The second kappa shape index (κ2) is 4.99. The molecule has 1 rings (SSSR count). The van der Waals surface area contributed by atoms with Gasteiger partial charge < -0.3 is 5.11 Å². The number of amides is 2. The van der Waals surface area contributed by atoms with E-state index in [9.17, 15) is 9.59 Å². The minimum absolute atomic E-state index is 0.00541. The fourth-order valence-electron chi connectivity index (χ4n) is 1.78. The van der Waals surface area contributed by atoms with Crippen molar-refractivity contribution >= 4 is 23.6 Å². The van der Waals surface area contributed by atoms with Crippen molar-refractivity contribution in [1.29, 1.82) is 0 Å². The number of carbonyl (C=O) groups is 2. The molecule has 1 fully saturated rings. The molecule has 1 N–H and O–H groups in total. The van der Waals surface area contributed by atoms with Gasteiger partial charge in [-0.25, -0.2) is 0 Å². The van der Waals surface area contributed by atoms with Gasteiger partial charge in [0.25, 0.3) is 0 Å². The van der Waals surface area contributed by atoms with Crippen molar-refractivity contribution in [3.63, 3.8) is 0 Å². The average Bonchev–Trinajstić information content (AvgIpc) is 2.18. The Hall–Kier alpha value is -0.550. The molecule has 1 atom stereocenters. The normalized spacial score (nSPS) is 21.7. The predicted octanol–water partition coefficient (Wildman–Crippen LogP) is 0.639. The number of hydrogen-bond acceptors (Lipinski definition) is 4. The lowest BCUT2D eigenvalue weighted by Crippen LogP contribution is -2.56. The number of rotatable bonds is 4. The van der Waals surface area contributed by atoms with Crippen LogP contribution < -0.4 is 0 Å². The van der Waals surface area contributed by atoms with Crippen LogP contribution in [0.3, 0.4) is 0 Å². The van der Waals surface area contributed by atoms with Gasteiger partial charge in [0.15, 0.2) is 0 Å². The molecule has 1 aliphatic rings. The van der Waals surface area contributed by atoms with Crippen LogP contribution in [0, 0.1) is 0 Å². The summed E-state index contributed by atoms with van der Waals surface area (Å²) in [5.41, 5.74) is -0.524. The van der Waals surface area contributed by atoms with E-state index in [1.54, 1.807) is 0 Å². The van der Waals surface area contributed by atoms with Gasteiger partial charge in [-0.1, -0.05) is 6.92 Å². The monoisotopic (exact) mass is 231 g/mol. The Morgan fingerprint density at radius 3 is 2.33 bits per heavy atom. The Morgan fingerprint density at radius 1 is 1.40 bits per heavy atom. The van der Waals surface area contributed by atoms with Crippen LogP contribution in [-0.4, -0.2) is 45.5 Å². The second-order valence-corrected chi connectivity index (χ2v) is 4.93. The van der Waals surface area contributed by atoms with Crippen LogP contribution in [0.25, 0.3) is 0 Å². The van der Waals surface area contributed by atoms with E-state index >= 15 is 0 Å². The SMILES string of the molecule is CCC(C)(CCO)N1C(=O)CSCC1=O. The molecule has 5 heteroatoms. The first kappa shape index (κ1) is 12.5. The number of thioether (sulfide) groups is 1. The number of aliphatic hydroxyl groups is 1. The molecule has 86 valence electrons. The molecule has 0 aromatic heterocycles. The number of aliphatic hydroxyl groups excluding tert-OH is 1. The molecule has 4 nitrogen and oxygen atoms in total. The lowest BCUT2D eigenvalue weighted by Gasteiger charge is -2.40. The minimum Gasteiger partial charge on any atom is -0.396 e. The van der Waals surface area contributed by atoms with Crippen molar-refractivity contribution in [3.05, 3.63) is 0 Å².